The standard InChI is InChI=1S/C12H15N3O3S/c13-9-3-4-10-11(7-9)14-8-12(10)19(16,17)15-5-1-2-6-18-15/h3-4,7-8,14H,1-2,5-6,13H2. The van der Waals surface area contributed by atoms with Crippen LogP contribution in [0.3, 0.4) is 0 Å². The highest BCUT2D eigenvalue weighted by Gasteiger charge is 2.29. The van der Waals surface area contributed by atoms with E-state index in [1.807, 2.05) is 0 Å². The number of fused-ring (bicyclic) bond motifs is 1. The molecule has 1 saturated heterocycles. The minimum absolute atomic E-state index is 0.226. The number of nitrogen functional groups attached to an aromatic ring is 1. The van der Waals surface area contributed by atoms with Crippen LogP contribution in [0.25, 0.3) is 10.9 Å². The van der Waals surface area contributed by atoms with E-state index in [1.54, 1.807) is 18.2 Å². The normalized spacial score (nSPS) is 17.9. The molecule has 3 rings (SSSR count). The Labute approximate surface area is 111 Å². The first-order valence-corrected chi connectivity index (χ1v) is 7.55. The van der Waals surface area contributed by atoms with Crippen molar-refractivity contribution in [1.82, 2.24) is 9.45 Å². The summed E-state index contributed by atoms with van der Waals surface area (Å²) in [5, 5.41) is 0.628. The van der Waals surface area contributed by atoms with Crippen molar-refractivity contribution in [2.75, 3.05) is 18.9 Å². The van der Waals surface area contributed by atoms with Gasteiger partial charge in [-0.2, -0.15) is 0 Å². The Kier molecular flexibility index (Phi) is 2.96. The summed E-state index contributed by atoms with van der Waals surface area (Å²) >= 11 is 0. The maximum atomic E-state index is 12.5. The Balaban J connectivity index is 2.08. The molecule has 2 heterocycles. The van der Waals surface area contributed by atoms with E-state index in [0.29, 0.717) is 29.7 Å². The van der Waals surface area contributed by atoms with Crippen LogP contribution in [0.4, 0.5) is 5.69 Å². The van der Waals surface area contributed by atoms with Gasteiger partial charge in [0.05, 0.1) is 6.61 Å². The minimum Gasteiger partial charge on any atom is -0.399 e. The maximum absolute atomic E-state index is 12.5. The smallest absolute Gasteiger partial charge is 0.267 e. The van der Waals surface area contributed by atoms with Crippen molar-refractivity contribution >= 4 is 26.6 Å². The molecule has 7 heteroatoms. The molecule has 1 fully saturated rings. The van der Waals surface area contributed by atoms with Gasteiger partial charge in [-0.25, -0.2) is 8.42 Å². The minimum atomic E-state index is -3.62. The van der Waals surface area contributed by atoms with Crippen LogP contribution in [0.5, 0.6) is 0 Å². The van der Waals surface area contributed by atoms with Gasteiger partial charge in [0.2, 0.25) is 0 Å². The van der Waals surface area contributed by atoms with Gasteiger partial charge in [-0.1, -0.05) is 4.47 Å². The van der Waals surface area contributed by atoms with Crippen molar-refractivity contribution in [1.29, 1.82) is 0 Å². The van der Waals surface area contributed by atoms with Gasteiger partial charge in [0.25, 0.3) is 10.0 Å². The second-order valence-electron chi connectivity index (χ2n) is 4.53. The number of nitrogens with zero attached hydrogens (tertiary/aromatic N) is 1. The van der Waals surface area contributed by atoms with Gasteiger partial charge in [0.15, 0.2) is 0 Å². The van der Waals surface area contributed by atoms with E-state index >= 15 is 0 Å². The van der Waals surface area contributed by atoms with Crippen LogP contribution in [0.2, 0.25) is 0 Å². The third kappa shape index (κ3) is 2.09. The number of hydrogen-bond donors (Lipinski definition) is 2. The van der Waals surface area contributed by atoms with Crippen LogP contribution in [0.15, 0.2) is 29.3 Å². The summed E-state index contributed by atoms with van der Waals surface area (Å²) in [5.74, 6) is 0. The Morgan fingerprint density at radius 1 is 1.32 bits per heavy atom. The fourth-order valence-electron chi connectivity index (χ4n) is 2.20. The van der Waals surface area contributed by atoms with Crippen LogP contribution >= 0.6 is 0 Å². The maximum Gasteiger partial charge on any atom is 0.267 e. The first kappa shape index (κ1) is 12.5. The number of hydroxylamine groups is 1. The first-order valence-electron chi connectivity index (χ1n) is 6.11. The van der Waals surface area contributed by atoms with Crippen molar-refractivity contribution in [2.45, 2.75) is 17.7 Å². The van der Waals surface area contributed by atoms with Gasteiger partial charge in [-0.15, -0.1) is 0 Å². The quantitative estimate of drug-likeness (QED) is 0.816. The van der Waals surface area contributed by atoms with E-state index in [-0.39, 0.29) is 4.90 Å². The third-order valence-corrected chi connectivity index (χ3v) is 4.90. The van der Waals surface area contributed by atoms with Gasteiger partial charge in [0, 0.05) is 29.3 Å². The van der Waals surface area contributed by atoms with Crippen molar-refractivity contribution in [3.8, 4) is 0 Å². The van der Waals surface area contributed by atoms with Crippen LogP contribution in [0.1, 0.15) is 12.8 Å². The molecule has 0 aliphatic carbocycles. The molecule has 19 heavy (non-hydrogen) atoms. The molecule has 1 aromatic carbocycles. The topological polar surface area (TPSA) is 88.4 Å². The van der Waals surface area contributed by atoms with Crippen molar-refractivity contribution in [3.05, 3.63) is 24.4 Å². The first-order chi connectivity index (χ1) is 9.09. The number of rotatable bonds is 2. The lowest BCUT2D eigenvalue weighted by Gasteiger charge is -2.24. The summed E-state index contributed by atoms with van der Waals surface area (Å²) < 4.78 is 26.1. The predicted octanol–water partition coefficient (Wildman–Crippen LogP) is 1.47. The van der Waals surface area contributed by atoms with Gasteiger partial charge >= 0.3 is 0 Å². The molecule has 3 N–H and O–H groups in total. The van der Waals surface area contributed by atoms with E-state index in [1.165, 1.54) is 6.20 Å². The van der Waals surface area contributed by atoms with Crippen LogP contribution in [-0.2, 0) is 14.9 Å². The zero-order valence-corrected chi connectivity index (χ0v) is 11.1. The number of benzene rings is 1. The van der Waals surface area contributed by atoms with Gasteiger partial charge in [-0.3, -0.25) is 4.84 Å². The summed E-state index contributed by atoms with van der Waals surface area (Å²) in [4.78, 5) is 8.41. The van der Waals surface area contributed by atoms with Crippen molar-refractivity contribution < 1.29 is 13.3 Å². The molecule has 0 unspecified atom stereocenters. The summed E-state index contributed by atoms with van der Waals surface area (Å²) in [6, 6.07) is 5.11. The monoisotopic (exact) mass is 281 g/mol. The fraction of sp³-hybridized carbons (Fsp3) is 0.333. The SMILES string of the molecule is Nc1ccc2c(S(=O)(=O)N3CCCCO3)c[nH]c2c1. The average Bonchev–Trinajstić information content (AvgIpc) is 2.83. The Hall–Kier alpha value is -1.57. The predicted molar refractivity (Wildman–Crippen MR) is 71.8 cm³/mol. The van der Waals surface area contributed by atoms with E-state index in [9.17, 15) is 8.42 Å². The Bertz CT molecular complexity index is 702. The van der Waals surface area contributed by atoms with Gasteiger partial charge in [-0.05, 0) is 31.0 Å². The number of hydrogen-bond acceptors (Lipinski definition) is 4. The van der Waals surface area contributed by atoms with E-state index in [2.05, 4.69) is 4.98 Å². The molecule has 0 amide bonds. The second-order valence-corrected chi connectivity index (χ2v) is 6.33. The van der Waals surface area contributed by atoms with E-state index in [0.717, 1.165) is 17.3 Å². The molecule has 0 bridgehead atoms. The number of nitrogens with one attached hydrogen (secondary N) is 1. The lowest BCUT2D eigenvalue weighted by Crippen LogP contribution is -2.35. The molecule has 2 aromatic rings. The zero-order valence-electron chi connectivity index (χ0n) is 10.3. The highest BCUT2D eigenvalue weighted by Crippen LogP contribution is 2.28. The number of nitrogens with two attached hydrogens (primary N) is 1. The Morgan fingerprint density at radius 2 is 2.16 bits per heavy atom. The van der Waals surface area contributed by atoms with Crippen molar-refractivity contribution in [3.63, 3.8) is 0 Å². The van der Waals surface area contributed by atoms with Gasteiger partial charge < -0.3 is 10.7 Å². The molecule has 102 valence electrons. The van der Waals surface area contributed by atoms with Crippen LogP contribution in [0, 0.1) is 0 Å². The van der Waals surface area contributed by atoms with Crippen LogP contribution < -0.4 is 5.73 Å². The van der Waals surface area contributed by atoms with E-state index < -0.39 is 10.0 Å². The van der Waals surface area contributed by atoms with Crippen molar-refractivity contribution in [2.24, 2.45) is 0 Å². The van der Waals surface area contributed by atoms with Gasteiger partial charge in [0.1, 0.15) is 4.90 Å². The summed E-state index contributed by atoms with van der Waals surface area (Å²) in [6.07, 6.45) is 3.18. The summed E-state index contributed by atoms with van der Waals surface area (Å²) in [7, 11) is -3.62. The molecule has 0 radical (unpaired) electrons. The summed E-state index contributed by atoms with van der Waals surface area (Å²) in [6.45, 7) is 0.832. The fourth-order valence-corrected chi connectivity index (χ4v) is 3.67. The highest BCUT2D eigenvalue weighted by molar-refractivity contribution is 7.89. The second kappa shape index (κ2) is 4.52. The highest BCUT2D eigenvalue weighted by atomic mass is 32.2. The molecule has 0 saturated carbocycles. The third-order valence-electron chi connectivity index (χ3n) is 3.18. The molecule has 0 atom stereocenters. The molecule has 1 aliphatic rings. The molecule has 1 aliphatic heterocycles. The molecule has 1 aromatic heterocycles. The molecular formula is C12H15N3O3S. The number of aromatic amines is 1. The number of aromatic nitrogens is 1. The van der Waals surface area contributed by atoms with Crippen LogP contribution in [-0.4, -0.2) is 31.0 Å². The molecule has 0 spiro atoms. The summed E-state index contributed by atoms with van der Waals surface area (Å²) in [5.41, 5.74) is 6.97. The lowest BCUT2D eigenvalue weighted by molar-refractivity contribution is -0.108. The number of anilines is 1. The lowest BCUT2D eigenvalue weighted by atomic mass is 10.2. The number of sulfonamides is 1. The average molecular weight is 281 g/mol. The molecular weight excluding hydrogens is 266 g/mol. The number of H-pyrrole nitrogens is 1. The van der Waals surface area contributed by atoms with E-state index in [4.69, 9.17) is 10.6 Å². The largest absolute Gasteiger partial charge is 0.399 e. The zero-order chi connectivity index (χ0) is 13.5. The molecule has 6 nitrogen and oxygen atoms in total. The Morgan fingerprint density at radius 3 is 2.89 bits per heavy atom.